The number of furan rings is 1. The summed E-state index contributed by atoms with van der Waals surface area (Å²) in [5.41, 5.74) is 2.54. The molecule has 0 radical (unpaired) electrons. The number of unbranched alkanes of at least 4 members (excludes halogenated alkanes) is 2. The molecule has 0 bridgehead atoms. The lowest BCUT2D eigenvalue weighted by atomic mass is 10.0. The topological polar surface area (TPSA) is 57.9 Å². The lowest BCUT2D eigenvalue weighted by molar-refractivity contribution is -0.157. The fraction of sp³-hybridized carbons (Fsp3) is 0.393. The molecule has 0 spiro atoms. The van der Waals surface area contributed by atoms with Crippen molar-refractivity contribution in [3.63, 3.8) is 0 Å². The first kappa shape index (κ1) is 27.2. The first-order valence-electron chi connectivity index (χ1n) is 11.9. The van der Waals surface area contributed by atoms with Crippen LogP contribution in [0.1, 0.15) is 38.2 Å². The summed E-state index contributed by atoms with van der Waals surface area (Å²) in [6.45, 7) is 4.71. The first-order valence-corrected chi connectivity index (χ1v) is 11.9. The fourth-order valence-corrected chi connectivity index (χ4v) is 3.87. The summed E-state index contributed by atoms with van der Waals surface area (Å²) < 4.78 is 60.8. The molecule has 0 fully saturated rings. The number of aryl methyl sites for hydroxylation is 1. The Hall–Kier alpha value is -3.42. The van der Waals surface area contributed by atoms with E-state index < -0.39 is 31.1 Å². The lowest BCUT2D eigenvalue weighted by Crippen LogP contribution is -2.25. The molecule has 36 heavy (non-hydrogen) atoms. The summed E-state index contributed by atoms with van der Waals surface area (Å²) in [6.07, 6.45) is -0.220. The van der Waals surface area contributed by atoms with Crippen LogP contribution in [0.15, 0.2) is 59.5 Å². The molecule has 0 N–H and O–H groups in total. The van der Waals surface area contributed by atoms with Crippen molar-refractivity contribution in [2.45, 2.75) is 45.2 Å². The molecule has 3 rings (SSSR count). The first-order chi connectivity index (χ1) is 17.2. The molecular weight excluding hydrogens is 473 g/mol. The Kier molecular flexibility index (Phi) is 9.44. The number of ether oxygens (including phenoxy) is 3. The fourth-order valence-electron chi connectivity index (χ4n) is 3.87. The number of alkyl halides is 3. The summed E-state index contributed by atoms with van der Waals surface area (Å²) in [7, 11) is 1.62. The number of hydrogen-bond donors (Lipinski definition) is 0. The third-order valence-corrected chi connectivity index (χ3v) is 5.73. The Labute approximate surface area is 208 Å². The zero-order chi connectivity index (χ0) is 26.1. The highest BCUT2D eigenvalue weighted by atomic mass is 19.4. The van der Waals surface area contributed by atoms with Gasteiger partial charge in [0.05, 0.1) is 32.3 Å². The average molecular weight is 505 g/mol. The number of benzene rings is 2. The van der Waals surface area contributed by atoms with Crippen LogP contribution in [0.4, 0.5) is 13.2 Å². The van der Waals surface area contributed by atoms with Gasteiger partial charge in [-0.25, -0.2) is 4.79 Å². The van der Waals surface area contributed by atoms with E-state index in [2.05, 4.69) is 19.6 Å². The van der Waals surface area contributed by atoms with E-state index in [1.165, 1.54) is 12.0 Å². The van der Waals surface area contributed by atoms with Gasteiger partial charge >= 0.3 is 12.1 Å². The van der Waals surface area contributed by atoms with Gasteiger partial charge in [-0.1, -0.05) is 32.4 Å². The molecule has 0 saturated heterocycles. The minimum Gasteiger partial charge on any atom is -0.496 e. The standard InChI is InChI=1S/C28H31F3O5/c1-4-6-7-8-19-9-12-23(25(13-19)33-3)26-14-21-10-11-22(15-24(21)36-26)34-17-20(16-28(29,30)31)18-35-27(32)5-2/h5,9-15,20H,2,4,6-8,16-18H2,1,3H3. The van der Waals surface area contributed by atoms with Crippen LogP contribution in [-0.2, 0) is 16.0 Å². The van der Waals surface area contributed by atoms with Crippen LogP contribution in [0.25, 0.3) is 22.3 Å². The van der Waals surface area contributed by atoms with E-state index in [4.69, 9.17) is 18.6 Å². The average Bonchev–Trinajstić information content (AvgIpc) is 3.28. The molecule has 0 amide bonds. The number of esters is 1. The number of hydrogen-bond acceptors (Lipinski definition) is 5. The Morgan fingerprint density at radius 3 is 2.61 bits per heavy atom. The molecule has 1 heterocycles. The van der Waals surface area contributed by atoms with Gasteiger partial charge in [0.15, 0.2) is 0 Å². The number of methoxy groups -OCH3 is 1. The Morgan fingerprint density at radius 2 is 1.92 bits per heavy atom. The van der Waals surface area contributed by atoms with Gasteiger partial charge in [0.1, 0.15) is 22.8 Å². The van der Waals surface area contributed by atoms with Gasteiger partial charge in [0.2, 0.25) is 0 Å². The van der Waals surface area contributed by atoms with Crippen LogP contribution in [0.5, 0.6) is 11.5 Å². The number of carbonyl (C=O) groups excluding carboxylic acids is 1. The zero-order valence-corrected chi connectivity index (χ0v) is 20.5. The predicted octanol–water partition coefficient (Wildman–Crippen LogP) is 7.52. The van der Waals surface area contributed by atoms with E-state index in [0.717, 1.165) is 36.3 Å². The van der Waals surface area contributed by atoms with Crippen molar-refractivity contribution in [3.8, 4) is 22.8 Å². The van der Waals surface area contributed by atoms with E-state index in [1.54, 1.807) is 25.3 Å². The number of carbonyl (C=O) groups is 1. The van der Waals surface area contributed by atoms with Crippen LogP contribution in [0.3, 0.4) is 0 Å². The van der Waals surface area contributed by atoms with Crippen molar-refractivity contribution in [3.05, 3.63) is 60.7 Å². The molecule has 8 heteroatoms. The highest BCUT2D eigenvalue weighted by Crippen LogP contribution is 2.36. The minimum absolute atomic E-state index is 0.281. The molecule has 1 unspecified atom stereocenters. The Balaban J connectivity index is 1.74. The molecule has 0 aliphatic rings. The molecule has 0 aliphatic heterocycles. The SMILES string of the molecule is C=CC(=O)OCC(COc1ccc2cc(-c3ccc(CCCCC)cc3OC)oc2c1)CC(F)(F)F. The van der Waals surface area contributed by atoms with Crippen molar-refractivity contribution in [2.75, 3.05) is 20.3 Å². The molecule has 5 nitrogen and oxygen atoms in total. The molecule has 3 aromatic rings. The summed E-state index contributed by atoms with van der Waals surface area (Å²) in [6, 6.07) is 13.0. The predicted molar refractivity (Wildman–Crippen MR) is 132 cm³/mol. The summed E-state index contributed by atoms with van der Waals surface area (Å²) in [5.74, 6) is -0.161. The Bertz CT molecular complexity index is 1170. The normalized spacial score (nSPS) is 12.4. The largest absolute Gasteiger partial charge is 0.496 e. The van der Waals surface area contributed by atoms with E-state index in [9.17, 15) is 18.0 Å². The highest BCUT2D eigenvalue weighted by molar-refractivity contribution is 5.85. The second-order valence-corrected chi connectivity index (χ2v) is 8.63. The molecular formula is C28H31F3O5. The zero-order valence-electron chi connectivity index (χ0n) is 20.5. The van der Waals surface area contributed by atoms with Gasteiger partial charge in [-0.3, -0.25) is 0 Å². The van der Waals surface area contributed by atoms with E-state index in [0.29, 0.717) is 22.8 Å². The van der Waals surface area contributed by atoms with Crippen LogP contribution in [0.2, 0.25) is 0 Å². The van der Waals surface area contributed by atoms with Crippen LogP contribution in [-0.4, -0.2) is 32.5 Å². The maximum absolute atomic E-state index is 12.9. The Morgan fingerprint density at radius 1 is 1.11 bits per heavy atom. The number of fused-ring (bicyclic) bond motifs is 1. The van der Waals surface area contributed by atoms with Crippen molar-refractivity contribution in [2.24, 2.45) is 5.92 Å². The van der Waals surface area contributed by atoms with Crippen molar-refractivity contribution in [1.29, 1.82) is 0 Å². The maximum Gasteiger partial charge on any atom is 0.389 e. The van der Waals surface area contributed by atoms with Gasteiger partial charge in [-0.2, -0.15) is 13.2 Å². The maximum atomic E-state index is 12.9. The van der Waals surface area contributed by atoms with Gasteiger partial charge in [-0.05, 0) is 48.7 Å². The number of halogens is 3. The second kappa shape index (κ2) is 12.5. The summed E-state index contributed by atoms with van der Waals surface area (Å²) >= 11 is 0. The molecule has 2 aromatic carbocycles. The summed E-state index contributed by atoms with van der Waals surface area (Å²) in [4.78, 5) is 11.3. The third-order valence-electron chi connectivity index (χ3n) is 5.73. The van der Waals surface area contributed by atoms with Gasteiger partial charge in [0.25, 0.3) is 0 Å². The molecule has 194 valence electrons. The third kappa shape index (κ3) is 7.80. The highest BCUT2D eigenvalue weighted by Gasteiger charge is 2.33. The van der Waals surface area contributed by atoms with Crippen molar-refractivity contribution in [1.82, 2.24) is 0 Å². The molecule has 0 saturated carbocycles. The van der Waals surface area contributed by atoms with Crippen molar-refractivity contribution >= 4 is 16.9 Å². The van der Waals surface area contributed by atoms with E-state index in [1.807, 2.05) is 18.2 Å². The van der Waals surface area contributed by atoms with Crippen molar-refractivity contribution < 1.29 is 36.6 Å². The molecule has 0 aliphatic carbocycles. The molecule has 1 aromatic heterocycles. The van der Waals surface area contributed by atoms with Gasteiger partial charge in [-0.15, -0.1) is 0 Å². The smallest absolute Gasteiger partial charge is 0.389 e. The van der Waals surface area contributed by atoms with Gasteiger partial charge in [0, 0.05) is 23.4 Å². The van der Waals surface area contributed by atoms with Crippen LogP contribution >= 0.6 is 0 Å². The van der Waals surface area contributed by atoms with E-state index in [-0.39, 0.29) is 6.61 Å². The quantitative estimate of drug-likeness (QED) is 0.137. The van der Waals surface area contributed by atoms with Crippen LogP contribution < -0.4 is 9.47 Å². The number of rotatable bonds is 13. The van der Waals surface area contributed by atoms with E-state index >= 15 is 0 Å². The van der Waals surface area contributed by atoms with Gasteiger partial charge < -0.3 is 18.6 Å². The summed E-state index contributed by atoms with van der Waals surface area (Å²) in [5, 5.41) is 0.818. The minimum atomic E-state index is -4.42. The second-order valence-electron chi connectivity index (χ2n) is 8.63. The lowest BCUT2D eigenvalue weighted by Gasteiger charge is -2.19. The molecule has 1 atom stereocenters. The van der Waals surface area contributed by atoms with Crippen LogP contribution in [0, 0.1) is 5.92 Å². The monoisotopic (exact) mass is 504 g/mol.